The summed E-state index contributed by atoms with van der Waals surface area (Å²) >= 11 is 0. The third-order valence-electron chi connectivity index (χ3n) is 3.48. The summed E-state index contributed by atoms with van der Waals surface area (Å²) in [5, 5.41) is 0.278. The van der Waals surface area contributed by atoms with E-state index in [0.29, 0.717) is 11.3 Å². The number of ether oxygens (including phenoxy) is 1. The average molecular weight is 320 g/mol. The molecule has 0 spiro atoms. The van der Waals surface area contributed by atoms with Crippen molar-refractivity contribution in [1.29, 1.82) is 0 Å². The zero-order chi connectivity index (χ0) is 16.6. The number of halogens is 3. The van der Waals surface area contributed by atoms with Gasteiger partial charge in [-0.2, -0.15) is 13.2 Å². The molecule has 0 aliphatic rings. The van der Waals surface area contributed by atoms with Crippen LogP contribution in [0, 0.1) is 0 Å². The van der Waals surface area contributed by atoms with Gasteiger partial charge in [0.1, 0.15) is 17.6 Å². The van der Waals surface area contributed by atoms with Gasteiger partial charge < -0.3 is 9.15 Å². The van der Waals surface area contributed by atoms with Gasteiger partial charge in [-0.05, 0) is 29.8 Å². The van der Waals surface area contributed by atoms with Gasteiger partial charge >= 0.3 is 6.18 Å². The Balaban J connectivity index is 2.18. The summed E-state index contributed by atoms with van der Waals surface area (Å²) < 4.78 is 48.8. The van der Waals surface area contributed by atoms with Crippen LogP contribution < -0.4 is 10.2 Å². The Morgan fingerprint density at radius 1 is 1.09 bits per heavy atom. The van der Waals surface area contributed by atoms with Crippen molar-refractivity contribution in [3.63, 3.8) is 0 Å². The molecule has 0 amide bonds. The summed E-state index contributed by atoms with van der Waals surface area (Å²) in [5.41, 5.74) is -0.664. The summed E-state index contributed by atoms with van der Waals surface area (Å²) in [6.45, 7) is 0. The highest BCUT2D eigenvalue weighted by Gasteiger charge is 2.30. The van der Waals surface area contributed by atoms with Gasteiger partial charge in [0.05, 0.1) is 23.6 Å². The maximum absolute atomic E-state index is 12.8. The van der Waals surface area contributed by atoms with Gasteiger partial charge in [-0.1, -0.05) is 12.1 Å². The molecular weight excluding hydrogens is 309 g/mol. The van der Waals surface area contributed by atoms with Crippen LogP contribution in [0.25, 0.3) is 22.1 Å². The third-order valence-corrected chi connectivity index (χ3v) is 3.48. The summed E-state index contributed by atoms with van der Waals surface area (Å²) in [6.07, 6.45) is -3.31. The molecule has 0 saturated carbocycles. The minimum Gasteiger partial charge on any atom is -0.497 e. The summed E-state index contributed by atoms with van der Waals surface area (Å²) in [5.74, 6) is 0.521. The lowest BCUT2D eigenvalue weighted by atomic mass is 10.0. The van der Waals surface area contributed by atoms with E-state index in [2.05, 4.69) is 0 Å². The number of hydrogen-bond donors (Lipinski definition) is 0. The van der Waals surface area contributed by atoms with E-state index in [1.807, 2.05) is 0 Å². The first kappa shape index (κ1) is 15.1. The largest absolute Gasteiger partial charge is 0.497 e. The smallest absolute Gasteiger partial charge is 0.416 e. The van der Waals surface area contributed by atoms with Gasteiger partial charge in [0.25, 0.3) is 0 Å². The van der Waals surface area contributed by atoms with Gasteiger partial charge in [-0.15, -0.1) is 0 Å². The second-order valence-corrected chi connectivity index (χ2v) is 4.92. The Bertz CT molecular complexity index is 926. The van der Waals surface area contributed by atoms with Crippen molar-refractivity contribution in [2.24, 2.45) is 0 Å². The summed E-state index contributed by atoms with van der Waals surface area (Å²) in [4.78, 5) is 12.5. The molecule has 0 fully saturated rings. The predicted molar refractivity (Wildman–Crippen MR) is 79.5 cm³/mol. The van der Waals surface area contributed by atoms with Crippen LogP contribution in [0.15, 0.2) is 57.9 Å². The normalized spacial score (nSPS) is 11.7. The van der Waals surface area contributed by atoms with E-state index >= 15 is 0 Å². The van der Waals surface area contributed by atoms with Crippen molar-refractivity contribution < 1.29 is 22.3 Å². The SMILES string of the molecule is COc1ccc2c(=O)c(-c3cccc(C(F)(F)F)c3)coc2c1. The monoisotopic (exact) mass is 320 g/mol. The van der Waals surface area contributed by atoms with Gasteiger partial charge in [0, 0.05) is 6.07 Å². The molecule has 1 aromatic heterocycles. The molecule has 0 radical (unpaired) electrons. The van der Waals surface area contributed by atoms with Crippen LogP contribution in [0.1, 0.15) is 5.56 Å². The highest BCUT2D eigenvalue weighted by molar-refractivity contribution is 5.82. The van der Waals surface area contributed by atoms with Crippen LogP contribution in [0.5, 0.6) is 5.75 Å². The van der Waals surface area contributed by atoms with Crippen molar-refractivity contribution in [3.8, 4) is 16.9 Å². The van der Waals surface area contributed by atoms with E-state index in [1.165, 1.54) is 31.6 Å². The highest BCUT2D eigenvalue weighted by Crippen LogP contribution is 2.32. The number of benzene rings is 2. The lowest BCUT2D eigenvalue weighted by Gasteiger charge is -2.09. The number of fused-ring (bicyclic) bond motifs is 1. The van der Waals surface area contributed by atoms with Crippen LogP contribution in [-0.4, -0.2) is 7.11 Å². The first-order chi connectivity index (χ1) is 10.9. The molecule has 1 heterocycles. The summed E-state index contributed by atoms with van der Waals surface area (Å²) in [6, 6.07) is 9.25. The van der Waals surface area contributed by atoms with Crippen LogP contribution in [0.4, 0.5) is 13.2 Å². The van der Waals surface area contributed by atoms with Crippen molar-refractivity contribution in [3.05, 3.63) is 64.5 Å². The molecule has 3 nitrogen and oxygen atoms in total. The Kier molecular flexibility index (Phi) is 3.60. The molecule has 0 bridgehead atoms. The minimum atomic E-state index is -4.47. The maximum Gasteiger partial charge on any atom is 0.416 e. The Labute approximate surface area is 128 Å². The van der Waals surface area contributed by atoms with Crippen LogP contribution in [0.2, 0.25) is 0 Å². The summed E-state index contributed by atoms with van der Waals surface area (Å²) in [7, 11) is 1.48. The van der Waals surface area contributed by atoms with Gasteiger partial charge in [0.2, 0.25) is 0 Å². The number of rotatable bonds is 2. The van der Waals surface area contributed by atoms with Crippen molar-refractivity contribution >= 4 is 11.0 Å². The molecule has 6 heteroatoms. The van der Waals surface area contributed by atoms with Crippen molar-refractivity contribution in [2.45, 2.75) is 6.18 Å². The van der Waals surface area contributed by atoms with Gasteiger partial charge in [-0.25, -0.2) is 0 Å². The lowest BCUT2D eigenvalue weighted by molar-refractivity contribution is -0.137. The Hall–Kier alpha value is -2.76. The fraction of sp³-hybridized carbons (Fsp3) is 0.118. The van der Waals surface area contributed by atoms with Gasteiger partial charge in [-0.3, -0.25) is 4.79 Å². The van der Waals surface area contributed by atoms with E-state index in [4.69, 9.17) is 9.15 Å². The second kappa shape index (κ2) is 5.46. The molecule has 0 unspecified atom stereocenters. The molecule has 3 rings (SSSR count). The molecule has 0 saturated heterocycles. The van der Waals surface area contributed by atoms with Gasteiger partial charge in [0.15, 0.2) is 5.43 Å². The second-order valence-electron chi connectivity index (χ2n) is 4.92. The zero-order valence-corrected chi connectivity index (χ0v) is 12.0. The molecule has 3 aromatic rings. The van der Waals surface area contributed by atoms with Crippen LogP contribution in [0.3, 0.4) is 0 Å². The molecule has 0 atom stereocenters. The minimum absolute atomic E-state index is 0.0776. The Morgan fingerprint density at radius 2 is 1.87 bits per heavy atom. The molecule has 0 aliphatic carbocycles. The zero-order valence-electron chi connectivity index (χ0n) is 12.0. The highest BCUT2D eigenvalue weighted by atomic mass is 19.4. The average Bonchev–Trinajstić information content (AvgIpc) is 2.54. The first-order valence-corrected chi connectivity index (χ1v) is 6.67. The third kappa shape index (κ3) is 2.79. The molecule has 2 aromatic carbocycles. The number of methoxy groups -OCH3 is 1. The van der Waals surface area contributed by atoms with E-state index in [-0.39, 0.29) is 16.5 Å². The van der Waals surface area contributed by atoms with Crippen molar-refractivity contribution in [2.75, 3.05) is 7.11 Å². The quantitative estimate of drug-likeness (QED) is 0.698. The maximum atomic E-state index is 12.8. The van der Waals surface area contributed by atoms with Crippen LogP contribution in [-0.2, 0) is 6.18 Å². The first-order valence-electron chi connectivity index (χ1n) is 6.67. The van der Waals surface area contributed by atoms with Crippen molar-refractivity contribution in [1.82, 2.24) is 0 Å². The standard InChI is InChI=1S/C17H11F3O3/c1-22-12-5-6-13-15(8-12)23-9-14(16(13)21)10-3-2-4-11(7-10)17(18,19)20/h2-9H,1H3. The molecule has 0 N–H and O–H groups in total. The molecule has 23 heavy (non-hydrogen) atoms. The topological polar surface area (TPSA) is 39.4 Å². The Morgan fingerprint density at radius 3 is 2.57 bits per heavy atom. The predicted octanol–water partition coefficient (Wildman–Crippen LogP) is 4.49. The molecule has 0 aliphatic heterocycles. The molecule has 118 valence electrons. The van der Waals surface area contributed by atoms with Crippen LogP contribution >= 0.6 is 0 Å². The van der Waals surface area contributed by atoms with E-state index in [9.17, 15) is 18.0 Å². The fourth-order valence-electron chi connectivity index (χ4n) is 2.30. The fourth-order valence-corrected chi connectivity index (χ4v) is 2.30. The number of alkyl halides is 3. The lowest BCUT2D eigenvalue weighted by Crippen LogP contribution is -2.07. The van der Waals surface area contributed by atoms with E-state index in [1.54, 1.807) is 12.1 Å². The molecular formula is C17H11F3O3. The van der Waals surface area contributed by atoms with E-state index < -0.39 is 17.2 Å². The van der Waals surface area contributed by atoms with E-state index in [0.717, 1.165) is 12.1 Å². The number of hydrogen-bond acceptors (Lipinski definition) is 3.